The Kier molecular flexibility index (Phi) is 4.06. The molecule has 106 valence electrons. The number of aliphatic hydroxyl groups is 1. The van der Waals surface area contributed by atoms with Crippen LogP contribution in [0.25, 0.3) is 0 Å². The third kappa shape index (κ3) is 2.57. The zero-order valence-electron chi connectivity index (χ0n) is 10.7. The van der Waals surface area contributed by atoms with Gasteiger partial charge in [-0.2, -0.15) is 0 Å². The maximum Gasteiger partial charge on any atom is 0.337 e. The van der Waals surface area contributed by atoms with Crippen LogP contribution in [0.3, 0.4) is 0 Å². The van der Waals surface area contributed by atoms with Crippen molar-refractivity contribution < 1.29 is 33.6 Å². The molecule has 4 atom stereocenters. The molecule has 1 fully saturated rings. The Morgan fingerprint density at radius 3 is 2.79 bits per heavy atom. The number of aliphatic hydroxyl groups excluding tert-OH is 1. The molecule has 2 aliphatic heterocycles. The van der Waals surface area contributed by atoms with E-state index in [1.807, 2.05) is 0 Å². The van der Waals surface area contributed by atoms with Gasteiger partial charge in [-0.15, -0.1) is 0 Å². The highest BCUT2D eigenvalue weighted by molar-refractivity contribution is 5.89. The van der Waals surface area contributed by atoms with Crippen LogP contribution in [0, 0.1) is 11.8 Å². The molecule has 0 saturated carbocycles. The Bertz CT molecular complexity index is 403. The van der Waals surface area contributed by atoms with Gasteiger partial charge in [0.2, 0.25) is 0 Å². The zero-order valence-corrected chi connectivity index (χ0v) is 10.7. The number of rotatable bonds is 3. The van der Waals surface area contributed by atoms with Crippen LogP contribution >= 0.6 is 0 Å². The Morgan fingerprint density at radius 2 is 2.16 bits per heavy atom. The third-order valence-electron chi connectivity index (χ3n) is 3.46. The molecular formula is C12H16O7. The molecule has 1 N–H and O–H groups in total. The number of hydrogen-bond acceptors (Lipinski definition) is 7. The standard InChI is InChI=1S/C12H16O7/c1-16-9(13)3-6-7(11(14)17-2)4-18-8-5-19-12(15)10(6)8/h4,6,8,10,12,15H,3,5H2,1-2H3/t6-,8-,10-,12-/m1/s1. The minimum Gasteiger partial charge on any atom is -0.495 e. The average molecular weight is 272 g/mol. The van der Waals surface area contributed by atoms with Crippen molar-refractivity contribution >= 4 is 11.9 Å². The van der Waals surface area contributed by atoms with E-state index in [2.05, 4.69) is 9.47 Å². The van der Waals surface area contributed by atoms with Crippen molar-refractivity contribution in [3.63, 3.8) is 0 Å². The molecule has 7 heteroatoms. The summed E-state index contributed by atoms with van der Waals surface area (Å²) in [5.74, 6) is -2.10. The minimum absolute atomic E-state index is 0.0393. The van der Waals surface area contributed by atoms with Crippen LogP contribution in [-0.2, 0) is 28.5 Å². The first-order valence-electron chi connectivity index (χ1n) is 5.88. The van der Waals surface area contributed by atoms with E-state index in [0.717, 1.165) is 0 Å². The average Bonchev–Trinajstić information content (AvgIpc) is 2.80. The van der Waals surface area contributed by atoms with Crippen molar-refractivity contribution in [1.82, 2.24) is 0 Å². The maximum atomic E-state index is 11.7. The molecule has 2 aliphatic rings. The molecule has 0 aliphatic carbocycles. The van der Waals surface area contributed by atoms with E-state index in [9.17, 15) is 14.7 Å². The predicted octanol–water partition coefficient (Wildman–Crippen LogP) is -0.414. The van der Waals surface area contributed by atoms with Crippen molar-refractivity contribution in [2.24, 2.45) is 11.8 Å². The maximum absolute atomic E-state index is 11.7. The summed E-state index contributed by atoms with van der Waals surface area (Å²) in [4.78, 5) is 23.2. The molecule has 0 radical (unpaired) electrons. The molecule has 0 spiro atoms. The Balaban J connectivity index is 2.26. The number of fused-ring (bicyclic) bond motifs is 1. The predicted molar refractivity (Wildman–Crippen MR) is 60.5 cm³/mol. The molecule has 0 aromatic heterocycles. The lowest BCUT2D eigenvalue weighted by molar-refractivity contribution is -0.145. The first kappa shape index (κ1) is 13.8. The topological polar surface area (TPSA) is 91.3 Å². The second-order valence-electron chi connectivity index (χ2n) is 4.43. The minimum atomic E-state index is -1.08. The van der Waals surface area contributed by atoms with Gasteiger partial charge in [-0.05, 0) is 0 Å². The molecule has 0 amide bonds. The van der Waals surface area contributed by atoms with Crippen molar-refractivity contribution in [1.29, 1.82) is 0 Å². The van der Waals surface area contributed by atoms with Crippen LogP contribution in [-0.4, -0.2) is 50.3 Å². The highest BCUT2D eigenvalue weighted by Gasteiger charge is 2.48. The number of ether oxygens (including phenoxy) is 4. The van der Waals surface area contributed by atoms with Crippen LogP contribution in [0.15, 0.2) is 11.8 Å². The first-order chi connectivity index (χ1) is 9.08. The van der Waals surface area contributed by atoms with Gasteiger partial charge in [0.05, 0.1) is 45.0 Å². The highest BCUT2D eigenvalue weighted by Crippen LogP contribution is 2.39. The van der Waals surface area contributed by atoms with Crippen LogP contribution in [0.5, 0.6) is 0 Å². The van der Waals surface area contributed by atoms with Gasteiger partial charge < -0.3 is 24.1 Å². The molecule has 1 saturated heterocycles. The fourth-order valence-corrected chi connectivity index (χ4v) is 2.47. The van der Waals surface area contributed by atoms with E-state index >= 15 is 0 Å². The molecule has 0 aromatic rings. The second-order valence-corrected chi connectivity index (χ2v) is 4.43. The van der Waals surface area contributed by atoms with E-state index in [0.29, 0.717) is 0 Å². The molecule has 19 heavy (non-hydrogen) atoms. The van der Waals surface area contributed by atoms with Gasteiger partial charge in [0, 0.05) is 5.92 Å². The molecular weight excluding hydrogens is 256 g/mol. The summed E-state index contributed by atoms with van der Waals surface area (Å²) in [6, 6.07) is 0. The highest BCUT2D eigenvalue weighted by atomic mass is 16.6. The van der Waals surface area contributed by atoms with Crippen LogP contribution < -0.4 is 0 Å². The molecule has 0 aromatic carbocycles. The molecule has 0 bridgehead atoms. The van der Waals surface area contributed by atoms with E-state index in [1.165, 1.54) is 20.5 Å². The number of carbonyl (C=O) groups excluding carboxylic acids is 2. The summed E-state index contributed by atoms with van der Waals surface area (Å²) in [5.41, 5.74) is 0.207. The summed E-state index contributed by atoms with van der Waals surface area (Å²) in [5, 5.41) is 9.82. The lowest BCUT2D eigenvalue weighted by atomic mass is 9.79. The smallest absolute Gasteiger partial charge is 0.337 e. The van der Waals surface area contributed by atoms with E-state index < -0.39 is 30.1 Å². The monoisotopic (exact) mass is 272 g/mol. The third-order valence-corrected chi connectivity index (χ3v) is 3.46. The van der Waals surface area contributed by atoms with Crippen LogP contribution in [0.2, 0.25) is 0 Å². The van der Waals surface area contributed by atoms with Gasteiger partial charge in [-0.3, -0.25) is 4.79 Å². The SMILES string of the molecule is COC(=O)C[C@@H]1C(C(=O)OC)=CO[C@@H]2CO[C@@H](O)[C@H]12. The van der Waals surface area contributed by atoms with E-state index in [1.54, 1.807) is 0 Å². The summed E-state index contributed by atoms with van der Waals surface area (Å²) >= 11 is 0. The fraction of sp³-hybridized carbons (Fsp3) is 0.667. The van der Waals surface area contributed by atoms with Crippen LogP contribution in [0.4, 0.5) is 0 Å². The quantitative estimate of drug-likeness (QED) is 0.698. The van der Waals surface area contributed by atoms with Crippen molar-refractivity contribution in [2.75, 3.05) is 20.8 Å². The Hall–Kier alpha value is -1.60. The number of hydrogen-bond donors (Lipinski definition) is 1. The lowest BCUT2D eigenvalue weighted by Gasteiger charge is -2.32. The van der Waals surface area contributed by atoms with Gasteiger partial charge in [0.1, 0.15) is 6.10 Å². The molecule has 7 nitrogen and oxygen atoms in total. The van der Waals surface area contributed by atoms with E-state index in [4.69, 9.17) is 9.47 Å². The van der Waals surface area contributed by atoms with Crippen molar-refractivity contribution in [2.45, 2.75) is 18.8 Å². The second kappa shape index (κ2) is 5.58. The zero-order chi connectivity index (χ0) is 14.0. The summed E-state index contributed by atoms with van der Waals surface area (Å²) in [6.07, 6.45) is -0.212. The van der Waals surface area contributed by atoms with Gasteiger partial charge in [-0.1, -0.05) is 0 Å². The normalized spacial score (nSPS) is 32.9. The Labute approximate surface area is 110 Å². The van der Waals surface area contributed by atoms with Gasteiger partial charge in [0.25, 0.3) is 0 Å². The molecule has 0 unspecified atom stereocenters. The number of esters is 2. The van der Waals surface area contributed by atoms with Crippen molar-refractivity contribution in [3.8, 4) is 0 Å². The van der Waals surface area contributed by atoms with Gasteiger partial charge in [0.15, 0.2) is 6.29 Å². The van der Waals surface area contributed by atoms with Crippen molar-refractivity contribution in [3.05, 3.63) is 11.8 Å². The summed E-state index contributed by atoms with van der Waals surface area (Å²) < 4.78 is 19.7. The molecule has 2 heterocycles. The van der Waals surface area contributed by atoms with E-state index in [-0.39, 0.29) is 24.7 Å². The lowest BCUT2D eigenvalue weighted by Crippen LogP contribution is -2.40. The Morgan fingerprint density at radius 1 is 1.42 bits per heavy atom. The first-order valence-corrected chi connectivity index (χ1v) is 5.88. The molecule has 2 rings (SSSR count). The summed E-state index contributed by atoms with van der Waals surface area (Å²) in [6.45, 7) is 0.217. The number of carbonyl (C=O) groups is 2. The van der Waals surface area contributed by atoms with Crippen LogP contribution in [0.1, 0.15) is 6.42 Å². The largest absolute Gasteiger partial charge is 0.495 e. The van der Waals surface area contributed by atoms with Gasteiger partial charge >= 0.3 is 11.9 Å². The fourth-order valence-electron chi connectivity index (χ4n) is 2.47. The summed E-state index contributed by atoms with van der Waals surface area (Å²) in [7, 11) is 2.51. The van der Waals surface area contributed by atoms with Gasteiger partial charge in [-0.25, -0.2) is 4.79 Å². The number of methoxy groups -OCH3 is 2.